The standard InChI is InChI=1S/C20H36N2O9/c1-11(24)22-12(10-23)18(29)21-9-13-15(26)16(27)17(28)19(31-13)30-8-6-5-7-14(25)20(2,3)4/h12-13,15-17,19,23,26-28H,5-10H2,1-4H3,(H,21,29)(H,22,24)/t12?,13?,15-,16-,17?,19?/m0/s1. The van der Waals surface area contributed by atoms with E-state index in [-0.39, 0.29) is 18.9 Å². The lowest BCUT2D eigenvalue weighted by molar-refractivity contribution is -0.295. The van der Waals surface area contributed by atoms with Crippen LogP contribution in [0.1, 0.15) is 47.0 Å². The average Bonchev–Trinajstić information content (AvgIpc) is 2.69. The second-order valence-electron chi connectivity index (χ2n) is 8.70. The van der Waals surface area contributed by atoms with Gasteiger partial charge in [-0.15, -0.1) is 0 Å². The number of Topliss-reactive ketones (excluding diaryl/α,β-unsaturated/α-hetero) is 1. The fourth-order valence-electron chi connectivity index (χ4n) is 2.95. The predicted octanol–water partition coefficient (Wildman–Crippen LogP) is -1.79. The van der Waals surface area contributed by atoms with Crippen LogP contribution in [0.4, 0.5) is 0 Å². The van der Waals surface area contributed by atoms with Gasteiger partial charge in [0.15, 0.2) is 6.29 Å². The Morgan fingerprint density at radius 3 is 2.26 bits per heavy atom. The largest absolute Gasteiger partial charge is 0.394 e. The van der Waals surface area contributed by atoms with Crippen LogP contribution in [0.3, 0.4) is 0 Å². The van der Waals surface area contributed by atoms with Gasteiger partial charge in [-0.3, -0.25) is 14.4 Å². The number of hydrogen-bond donors (Lipinski definition) is 6. The van der Waals surface area contributed by atoms with Gasteiger partial charge in [-0.25, -0.2) is 0 Å². The SMILES string of the molecule is CC(=O)NC(CO)C(=O)NCC1OC(OCCCCC(=O)C(C)(C)C)C(O)[C@@H](O)[C@H]1O. The molecule has 1 rings (SSSR count). The molecule has 6 N–H and O–H groups in total. The van der Waals surface area contributed by atoms with Crippen LogP contribution < -0.4 is 10.6 Å². The van der Waals surface area contributed by atoms with Crippen LogP contribution >= 0.6 is 0 Å². The van der Waals surface area contributed by atoms with Gasteiger partial charge in [0, 0.05) is 31.9 Å². The summed E-state index contributed by atoms with van der Waals surface area (Å²) in [6.07, 6.45) is -5.35. The van der Waals surface area contributed by atoms with Crippen molar-refractivity contribution in [2.75, 3.05) is 19.8 Å². The van der Waals surface area contributed by atoms with E-state index in [4.69, 9.17) is 9.47 Å². The summed E-state index contributed by atoms with van der Waals surface area (Å²) >= 11 is 0. The second-order valence-corrected chi connectivity index (χ2v) is 8.70. The molecule has 4 unspecified atom stereocenters. The first-order chi connectivity index (χ1) is 14.4. The molecule has 1 saturated heterocycles. The third-order valence-corrected chi connectivity index (χ3v) is 4.94. The third kappa shape index (κ3) is 8.79. The normalized spacial score (nSPS) is 27.4. The number of carbonyl (C=O) groups excluding carboxylic acids is 3. The summed E-state index contributed by atoms with van der Waals surface area (Å²) in [6, 6.07) is -1.17. The van der Waals surface area contributed by atoms with Gasteiger partial charge in [0.05, 0.1) is 6.61 Å². The minimum atomic E-state index is -1.56. The summed E-state index contributed by atoms with van der Waals surface area (Å²) in [5.41, 5.74) is -0.406. The molecule has 0 aliphatic carbocycles. The zero-order chi connectivity index (χ0) is 23.8. The summed E-state index contributed by atoms with van der Waals surface area (Å²) in [4.78, 5) is 35.0. The number of nitrogens with one attached hydrogen (secondary N) is 2. The average molecular weight is 449 g/mol. The molecule has 0 bridgehead atoms. The number of carbonyl (C=O) groups is 3. The Morgan fingerprint density at radius 2 is 1.71 bits per heavy atom. The second kappa shape index (κ2) is 12.4. The molecule has 0 saturated carbocycles. The third-order valence-electron chi connectivity index (χ3n) is 4.94. The Bertz CT molecular complexity index is 608. The highest BCUT2D eigenvalue weighted by atomic mass is 16.7. The van der Waals surface area contributed by atoms with Gasteiger partial charge in [0.25, 0.3) is 0 Å². The lowest BCUT2D eigenvalue weighted by Crippen LogP contribution is -2.61. The zero-order valence-electron chi connectivity index (χ0n) is 18.5. The van der Waals surface area contributed by atoms with E-state index in [0.717, 1.165) is 0 Å². The molecule has 11 heteroatoms. The first-order valence-electron chi connectivity index (χ1n) is 10.4. The van der Waals surface area contributed by atoms with Crippen LogP contribution in [0.5, 0.6) is 0 Å². The monoisotopic (exact) mass is 448 g/mol. The number of aliphatic hydroxyl groups is 4. The lowest BCUT2D eigenvalue weighted by Gasteiger charge is -2.40. The Hall–Kier alpha value is -1.63. The van der Waals surface area contributed by atoms with Crippen molar-refractivity contribution in [3.8, 4) is 0 Å². The molecular weight excluding hydrogens is 412 g/mol. The van der Waals surface area contributed by atoms with Gasteiger partial charge >= 0.3 is 0 Å². The van der Waals surface area contributed by atoms with Crippen LogP contribution in [-0.4, -0.2) is 94.5 Å². The zero-order valence-corrected chi connectivity index (χ0v) is 18.5. The molecule has 180 valence electrons. The first-order valence-corrected chi connectivity index (χ1v) is 10.4. The van der Waals surface area contributed by atoms with E-state index in [1.54, 1.807) is 0 Å². The Morgan fingerprint density at radius 1 is 1.06 bits per heavy atom. The van der Waals surface area contributed by atoms with Gasteiger partial charge in [0.2, 0.25) is 11.8 Å². The number of ketones is 1. The number of unbranched alkanes of at least 4 members (excludes halogenated alkanes) is 1. The van der Waals surface area contributed by atoms with Crippen molar-refractivity contribution in [3.05, 3.63) is 0 Å². The van der Waals surface area contributed by atoms with Gasteiger partial charge in [0.1, 0.15) is 36.2 Å². The smallest absolute Gasteiger partial charge is 0.245 e. The van der Waals surface area contributed by atoms with Crippen molar-refractivity contribution < 1.29 is 44.3 Å². The van der Waals surface area contributed by atoms with Crippen molar-refractivity contribution in [1.29, 1.82) is 0 Å². The summed E-state index contributed by atoms with van der Waals surface area (Å²) in [6.45, 7) is 6.04. The van der Waals surface area contributed by atoms with E-state index < -0.39 is 60.6 Å². The molecule has 1 aliphatic heterocycles. The van der Waals surface area contributed by atoms with E-state index in [1.807, 2.05) is 20.8 Å². The van der Waals surface area contributed by atoms with Crippen molar-refractivity contribution in [2.45, 2.75) is 83.7 Å². The fourth-order valence-corrected chi connectivity index (χ4v) is 2.95. The molecule has 0 spiro atoms. The molecular formula is C20H36N2O9. The number of amides is 2. The molecule has 1 fully saturated rings. The maximum absolute atomic E-state index is 12.1. The Labute approximate surface area is 182 Å². The summed E-state index contributed by atoms with van der Waals surface area (Å²) in [7, 11) is 0. The summed E-state index contributed by atoms with van der Waals surface area (Å²) in [5.74, 6) is -1.06. The molecule has 31 heavy (non-hydrogen) atoms. The molecule has 1 heterocycles. The van der Waals surface area contributed by atoms with E-state index in [0.29, 0.717) is 19.3 Å². The molecule has 0 aromatic heterocycles. The molecule has 0 aromatic carbocycles. The van der Waals surface area contributed by atoms with Crippen molar-refractivity contribution in [2.24, 2.45) is 5.41 Å². The lowest BCUT2D eigenvalue weighted by atomic mass is 9.88. The first kappa shape index (κ1) is 27.4. The fraction of sp³-hybridized carbons (Fsp3) is 0.850. The van der Waals surface area contributed by atoms with Crippen molar-refractivity contribution in [1.82, 2.24) is 10.6 Å². The summed E-state index contributed by atoms with van der Waals surface area (Å²) in [5, 5.41) is 44.2. The molecule has 0 radical (unpaired) electrons. The van der Waals surface area contributed by atoms with E-state index >= 15 is 0 Å². The Balaban J connectivity index is 2.52. The molecule has 2 amide bonds. The highest BCUT2D eigenvalue weighted by Gasteiger charge is 2.44. The topological polar surface area (TPSA) is 175 Å². The van der Waals surface area contributed by atoms with Crippen LogP contribution in [-0.2, 0) is 23.9 Å². The highest BCUT2D eigenvalue weighted by molar-refractivity contribution is 5.86. The maximum Gasteiger partial charge on any atom is 0.245 e. The minimum Gasteiger partial charge on any atom is -0.394 e. The summed E-state index contributed by atoms with van der Waals surface area (Å²) < 4.78 is 11.0. The molecule has 1 aliphatic rings. The van der Waals surface area contributed by atoms with Crippen LogP contribution in [0.15, 0.2) is 0 Å². The number of hydrogen-bond acceptors (Lipinski definition) is 9. The van der Waals surface area contributed by atoms with E-state index in [2.05, 4.69) is 10.6 Å². The molecule has 6 atom stereocenters. The van der Waals surface area contributed by atoms with Crippen LogP contribution in [0, 0.1) is 5.41 Å². The maximum atomic E-state index is 12.1. The minimum absolute atomic E-state index is 0.135. The van der Waals surface area contributed by atoms with Crippen molar-refractivity contribution >= 4 is 17.6 Å². The van der Waals surface area contributed by atoms with Crippen molar-refractivity contribution in [3.63, 3.8) is 0 Å². The van der Waals surface area contributed by atoms with Gasteiger partial charge in [-0.2, -0.15) is 0 Å². The predicted molar refractivity (Wildman–Crippen MR) is 109 cm³/mol. The number of rotatable bonds is 11. The highest BCUT2D eigenvalue weighted by Crippen LogP contribution is 2.23. The quantitative estimate of drug-likeness (QED) is 0.199. The Kier molecular flexibility index (Phi) is 11.0. The number of aliphatic hydroxyl groups excluding tert-OH is 4. The van der Waals surface area contributed by atoms with E-state index in [1.165, 1.54) is 6.92 Å². The van der Waals surface area contributed by atoms with Crippen LogP contribution in [0.2, 0.25) is 0 Å². The van der Waals surface area contributed by atoms with E-state index in [9.17, 15) is 34.8 Å². The molecule has 0 aromatic rings. The number of ether oxygens (including phenoxy) is 2. The van der Waals surface area contributed by atoms with Crippen LogP contribution in [0.25, 0.3) is 0 Å². The van der Waals surface area contributed by atoms with Gasteiger partial charge in [-0.1, -0.05) is 20.8 Å². The van der Waals surface area contributed by atoms with Gasteiger partial charge in [-0.05, 0) is 12.8 Å². The molecule has 11 nitrogen and oxygen atoms in total. The van der Waals surface area contributed by atoms with Gasteiger partial charge < -0.3 is 40.5 Å².